The predicted octanol–water partition coefficient (Wildman–Crippen LogP) is 2.94. The number of likely N-dealkylation sites (N-methyl/N-ethyl adjacent to an activating group) is 1. The molecule has 6 nitrogen and oxygen atoms in total. The molecule has 0 bridgehead atoms. The molecule has 1 fully saturated rings. The quantitative estimate of drug-likeness (QED) is 0.806. The highest BCUT2D eigenvalue weighted by Gasteiger charge is 2.36. The van der Waals surface area contributed by atoms with E-state index in [1.807, 2.05) is 24.3 Å². The van der Waals surface area contributed by atoms with Crippen molar-refractivity contribution < 1.29 is 18.7 Å². The van der Waals surface area contributed by atoms with Crippen LogP contribution in [-0.2, 0) is 15.1 Å². The summed E-state index contributed by atoms with van der Waals surface area (Å²) in [4.78, 5) is 26.3. The van der Waals surface area contributed by atoms with Gasteiger partial charge in [0.1, 0.15) is 0 Å². The van der Waals surface area contributed by atoms with E-state index in [9.17, 15) is 9.59 Å². The molecule has 2 amide bonds. The normalized spacial score (nSPS) is 16.1. The molecule has 0 atom stereocenters. The number of hydrogen-bond donors (Lipinski definition) is 1. The van der Waals surface area contributed by atoms with Crippen molar-refractivity contribution in [3.05, 3.63) is 58.5 Å². The lowest BCUT2D eigenvalue weighted by atomic mass is 9.82. The maximum atomic E-state index is 12.7. The molecule has 0 saturated carbocycles. The van der Waals surface area contributed by atoms with Crippen LogP contribution in [0.5, 0.6) is 0 Å². The highest BCUT2D eigenvalue weighted by molar-refractivity contribution is 9.10. The van der Waals surface area contributed by atoms with Gasteiger partial charge in [-0.2, -0.15) is 0 Å². The zero-order chi connectivity index (χ0) is 18.6. The van der Waals surface area contributed by atoms with Crippen molar-refractivity contribution in [2.45, 2.75) is 18.4 Å². The Hall–Kier alpha value is -2.12. The molecule has 26 heavy (non-hydrogen) atoms. The summed E-state index contributed by atoms with van der Waals surface area (Å²) in [5, 5.41) is 3.14. The number of nitrogens with one attached hydrogen (secondary N) is 1. The number of ether oxygens (including phenoxy) is 1. The summed E-state index contributed by atoms with van der Waals surface area (Å²) in [7, 11) is 1.58. The van der Waals surface area contributed by atoms with Crippen LogP contribution in [-0.4, -0.2) is 43.5 Å². The smallest absolute Gasteiger partial charge is 0.289 e. The zero-order valence-electron chi connectivity index (χ0n) is 14.5. The highest BCUT2D eigenvalue weighted by atomic mass is 79.9. The van der Waals surface area contributed by atoms with E-state index in [1.165, 1.54) is 11.2 Å². The molecule has 0 radical (unpaired) electrons. The number of hydrogen-bond acceptors (Lipinski definition) is 4. The van der Waals surface area contributed by atoms with E-state index in [-0.39, 0.29) is 24.1 Å². The number of carbonyl (C=O) groups is 2. The second kappa shape index (κ2) is 8.05. The number of furan rings is 1. The Kier molecular flexibility index (Phi) is 5.78. The molecule has 1 N–H and O–H groups in total. The maximum absolute atomic E-state index is 12.7. The van der Waals surface area contributed by atoms with Gasteiger partial charge in [-0.1, -0.05) is 28.1 Å². The first-order valence-corrected chi connectivity index (χ1v) is 9.23. The minimum absolute atomic E-state index is 0.0455. The van der Waals surface area contributed by atoms with Crippen molar-refractivity contribution in [1.82, 2.24) is 10.2 Å². The van der Waals surface area contributed by atoms with Crippen molar-refractivity contribution in [2.75, 3.05) is 26.8 Å². The predicted molar refractivity (Wildman–Crippen MR) is 99.7 cm³/mol. The number of halogens is 1. The molecule has 0 aliphatic carbocycles. The summed E-state index contributed by atoms with van der Waals surface area (Å²) in [5.74, 6) is -0.323. The van der Waals surface area contributed by atoms with Crippen LogP contribution in [0.15, 0.2) is 51.6 Å². The fourth-order valence-corrected chi connectivity index (χ4v) is 3.57. The Morgan fingerprint density at radius 2 is 2.00 bits per heavy atom. The van der Waals surface area contributed by atoms with Crippen LogP contribution in [0.4, 0.5) is 0 Å². The van der Waals surface area contributed by atoms with E-state index in [2.05, 4.69) is 21.2 Å². The third-order valence-electron chi connectivity index (χ3n) is 4.56. The fraction of sp³-hybridized carbons (Fsp3) is 0.368. The first-order chi connectivity index (χ1) is 12.5. The lowest BCUT2D eigenvalue weighted by molar-refractivity contribution is -0.125. The van der Waals surface area contributed by atoms with E-state index < -0.39 is 5.54 Å². The molecular formula is C19H21BrN2O4. The molecule has 0 unspecified atom stereocenters. The number of rotatable bonds is 5. The summed E-state index contributed by atoms with van der Waals surface area (Å²) in [5.41, 5.74) is 0.539. The summed E-state index contributed by atoms with van der Waals surface area (Å²) < 4.78 is 11.6. The van der Waals surface area contributed by atoms with Gasteiger partial charge < -0.3 is 19.4 Å². The Balaban J connectivity index is 1.72. The highest BCUT2D eigenvalue weighted by Crippen LogP contribution is 2.33. The molecule has 138 valence electrons. The summed E-state index contributed by atoms with van der Waals surface area (Å²) >= 11 is 3.49. The van der Waals surface area contributed by atoms with Crippen LogP contribution in [0.1, 0.15) is 29.0 Å². The molecule has 7 heteroatoms. The third kappa shape index (κ3) is 4.16. The topological polar surface area (TPSA) is 71.8 Å². The van der Waals surface area contributed by atoms with Gasteiger partial charge >= 0.3 is 0 Å². The third-order valence-corrected chi connectivity index (χ3v) is 5.05. The zero-order valence-corrected chi connectivity index (χ0v) is 16.1. The first-order valence-electron chi connectivity index (χ1n) is 8.44. The standard InChI is InChI=1S/C19H21BrN2O4/c1-22(18(24)16-6-3-9-26-16)13-17(23)21-19(7-10-25-11-8-19)14-4-2-5-15(20)12-14/h2-6,9,12H,7-8,10-11,13H2,1H3,(H,21,23). The minimum Gasteiger partial charge on any atom is -0.459 e. The maximum Gasteiger partial charge on any atom is 0.289 e. The molecule has 2 heterocycles. The molecule has 1 aliphatic rings. The molecular weight excluding hydrogens is 400 g/mol. The van der Waals surface area contributed by atoms with Gasteiger partial charge in [0.2, 0.25) is 5.91 Å². The minimum atomic E-state index is -0.492. The van der Waals surface area contributed by atoms with Gasteiger partial charge in [-0.25, -0.2) is 0 Å². The van der Waals surface area contributed by atoms with Crippen LogP contribution in [0, 0.1) is 0 Å². The average Bonchev–Trinajstić information content (AvgIpc) is 3.16. The van der Waals surface area contributed by atoms with Gasteiger partial charge in [0, 0.05) is 24.7 Å². The largest absolute Gasteiger partial charge is 0.459 e. The van der Waals surface area contributed by atoms with E-state index in [0.29, 0.717) is 26.1 Å². The molecule has 3 rings (SSSR count). The van der Waals surface area contributed by atoms with E-state index in [4.69, 9.17) is 9.15 Å². The summed E-state index contributed by atoms with van der Waals surface area (Å²) in [6.07, 6.45) is 2.81. The summed E-state index contributed by atoms with van der Waals surface area (Å²) in [6, 6.07) is 11.2. The molecule has 1 aromatic carbocycles. The lowest BCUT2D eigenvalue weighted by Crippen LogP contribution is -2.52. The Labute approximate surface area is 160 Å². The Morgan fingerprint density at radius 3 is 2.65 bits per heavy atom. The first kappa shape index (κ1) is 18.7. The van der Waals surface area contributed by atoms with Crippen molar-refractivity contribution in [2.24, 2.45) is 0 Å². The monoisotopic (exact) mass is 420 g/mol. The second-order valence-corrected chi connectivity index (χ2v) is 7.31. The molecule has 1 saturated heterocycles. The van der Waals surface area contributed by atoms with E-state index >= 15 is 0 Å². The number of amides is 2. The van der Waals surface area contributed by atoms with Crippen LogP contribution in [0.25, 0.3) is 0 Å². The lowest BCUT2D eigenvalue weighted by Gasteiger charge is -2.39. The number of nitrogens with zero attached hydrogens (tertiary/aromatic N) is 1. The van der Waals surface area contributed by atoms with Crippen molar-refractivity contribution in [1.29, 1.82) is 0 Å². The van der Waals surface area contributed by atoms with Crippen LogP contribution >= 0.6 is 15.9 Å². The van der Waals surface area contributed by atoms with Gasteiger partial charge in [0.25, 0.3) is 5.91 Å². The Morgan fingerprint density at radius 1 is 1.23 bits per heavy atom. The van der Waals surface area contributed by atoms with Gasteiger partial charge in [0.15, 0.2) is 5.76 Å². The molecule has 1 aromatic heterocycles. The molecule has 2 aromatic rings. The van der Waals surface area contributed by atoms with Gasteiger partial charge in [0.05, 0.1) is 18.3 Å². The second-order valence-electron chi connectivity index (χ2n) is 6.39. The van der Waals surface area contributed by atoms with Gasteiger partial charge in [-0.3, -0.25) is 9.59 Å². The number of benzene rings is 1. The molecule has 1 aliphatic heterocycles. The van der Waals surface area contributed by atoms with E-state index in [0.717, 1.165) is 10.0 Å². The van der Waals surface area contributed by atoms with Gasteiger partial charge in [-0.15, -0.1) is 0 Å². The number of carbonyl (C=O) groups excluding carboxylic acids is 2. The van der Waals surface area contributed by atoms with Gasteiger partial charge in [-0.05, 0) is 42.7 Å². The SMILES string of the molecule is CN(CC(=O)NC1(c2cccc(Br)c2)CCOCC1)C(=O)c1ccco1. The van der Waals surface area contributed by atoms with Crippen molar-refractivity contribution in [3.63, 3.8) is 0 Å². The van der Waals surface area contributed by atoms with Crippen LogP contribution in [0.3, 0.4) is 0 Å². The average molecular weight is 421 g/mol. The van der Waals surface area contributed by atoms with Crippen molar-refractivity contribution in [3.8, 4) is 0 Å². The van der Waals surface area contributed by atoms with E-state index in [1.54, 1.807) is 19.2 Å². The van der Waals surface area contributed by atoms with Crippen LogP contribution < -0.4 is 5.32 Å². The fourth-order valence-electron chi connectivity index (χ4n) is 3.17. The van der Waals surface area contributed by atoms with Crippen LogP contribution in [0.2, 0.25) is 0 Å². The Bertz CT molecular complexity index is 770. The molecule has 0 spiro atoms. The van der Waals surface area contributed by atoms with Crippen molar-refractivity contribution >= 4 is 27.7 Å². The summed E-state index contributed by atoms with van der Waals surface area (Å²) in [6.45, 7) is 1.11.